The predicted molar refractivity (Wildman–Crippen MR) is 97.8 cm³/mol. The normalized spacial score (nSPS) is 16.5. The van der Waals surface area contributed by atoms with Crippen LogP contribution in [0, 0.1) is 5.41 Å². The lowest BCUT2D eigenvalue weighted by molar-refractivity contribution is -0.131. The Kier molecular flexibility index (Phi) is 4.20. The van der Waals surface area contributed by atoms with Gasteiger partial charge in [0.15, 0.2) is 11.5 Å². The van der Waals surface area contributed by atoms with Crippen molar-refractivity contribution in [1.29, 1.82) is 0 Å². The van der Waals surface area contributed by atoms with Crippen molar-refractivity contribution < 1.29 is 19.1 Å². The number of ether oxygens (including phenoxy) is 2. The topological polar surface area (TPSA) is 76.7 Å². The first-order valence-electron chi connectivity index (χ1n) is 8.36. The monoisotopic (exact) mass is 372 g/mol. The zero-order valence-corrected chi connectivity index (χ0v) is 14.6. The summed E-state index contributed by atoms with van der Waals surface area (Å²) in [6, 6.07) is 12.1. The maximum atomic E-state index is 12.7. The van der Waals surface area contributed by atoms with Crippen LogP contribution in [0.4, 0.5) is 11.4 Å². The molecule has 1 heterocycles. The molecule has 0 saturated heterocycles. The van der Waals surface area contributed by atoms with E-state index in [4.69, 9.17) is 21.1 Å². The molecule has 26 heavy (non-hydrogen) atoms. The molecule has 6 nitrogen and oxygen atoms in total. The van der Waals surface area contributed by atoms with E-state index in [0.29, 0.717) is 54.0 Å². The van der Waals surface area contributed by atoms with Crippen LogP contribution in [-0.2, 0) is 9.59 Å². The minimum atomic E-state index is -1.06. The van der Waals surface area contributed by atoms with Crippen LogP contribution < -0.4 is 20.1 Å². The quantitative estimate of drug-likeness (QED) is 0.806. The standard InChI is InChI=1S/C19H17ClN2O4/c20-13-3-1-2-4-14(13)22-18(24)19(7-8-19)17(23)21-12-5-6-15-16(11-12)26-10-9-25-15/h1-6,11H,7-10H2,(H,21,23)(H,22,24). The van der Waals surface area contributed by atoms with E-state index in [0.717, 1.165) is 0 Å². The molecule has 1 aliphatic carbocycles. The van der Waals surface area contributed by atoms with Gasteiger partial charge in [0.05, 0.1) is 10.7 Å². The fraction of sp³-hybridized carbons (Fsp3) is 0.263. The summed E-state index contributed by atoms with van der Waals surface area (Å²) < 4.78 is 11.0. The summed E-state index contributed by atoms with van der Waals surface area (Å²) in [4.78, 5) is 25.3. The zero-order valence-electron chi connectivity index (χ0n) is 13.9. The molecule has 134 valence electrons. The second kappa shape index (κ2) is 6.53. The first-order valence-corrected chi connectivity index (χ1v) is 8.73. The van der Waals surface area contributed by atoms with Gasteiger partial charge in [-0.3, -0.25) is 9.59 Å². The van der Waals surface area contributed by atoms with Crippen LogP contribution in [0.25, 0.3) is 0 Å². The molecule has 0 unspecified atom stereocenters. The number of benzene rings is 2. The fourth-order valence-corrected chi connectivity index (χ4v) is 3.04. The van der Waals surface area contributed by atoms with Crippen LogP contribution in [0.15, 0.2) is 42.5 Å². The van der Waals surface area contributed by atoms with Crippen LogP contribution in [0.3, 0.4) is 0 Å². The van der Waals surface area contributed by atoms with Crippen molar-refractivity contribution in [2.24, 2.45) is 5.41 Å². The molecular weight excluding hydrogens is 356 g/mol. The maximum absolute atomic E-state index is 12.7. The van der Waals surface area contributed by atoms with E-state index in [-0.39, 0.29) is 11.8 Å². The number of rotatable bonds is 4. The van der Waals surface area contributed by atoms with E-state index in [1.807, 2.05) is 0 Å². The average molecular weight is 373 g/mol. The van der Waals surface area contributed by atoms with Crippen molar-refractivity contribution in [2.75, 3.05) is 23.8 Å². The number of halogens is 1. The lowest BCUT2D eigenvalue weighted by atomic mass is 10.0. The van der Waals surface area contributed by atoms with Gasteiger partial charge in [-0.1, -0.05) is 23.7 Å². The summed E-state index contributed by atoms with van der Waals surface area (Å²) in [5.41, 5.74) is 0.000490. The molecule has 7 heteroatoms. The van der Waals surface area contributed by atoms with E-state index in [1.54, 1.807) is 42.5 Å². The molecule has 1 saturated carbocycles. The zero-order chi connectivity index (χ0) is 18.1. The predicted octanol–water partition coefficient (Wildman–Crippen LogP) is 3.47. The third kappa shape index (κ3) is 3.08. The van der Waals surface area contributed by atoms with E-state index in [1.165, 1.54) is 0 Å². The smallest absolute Gasteiger partial charge is 0.240 e. The van der Waals surface area contributed by atoms with Crippen LogP contribution in [0.5, 0.6) is 11.5 Å². The van der Waals surface area contributed by atoms with Gasteiger partial charge in [-0.25, -0.2) is 0 Å². The van der Waals surface area contributed by atoms with Crippen LogP contribution >= 0.6 is 11.6 Å². The van der Waals surface area contributed by atoms with Gasteiger partial charge in [-0.2, -0.15) is 0 Å². The second-order valence-electron chi connectivity index (χ2n) is 6.33. The number of para-hydroxylation sites is 1. The Morgan fingerprint density at radius 3 is 2.35 bits per heavy atom. The van der Waals surface area contributed by atoms with Crippen molar-refractivity contribution in [2.45, 2.75) is 12.8 Å². The Morgan fingerprint density at radius 2 is 1.62 bits per heavy atom. The molecule has 0 radical (unpaired) electrons. The highest BCUT2D eigenvalue weighted by atomic mass is 35.5. The number of anilines is 2. The molecule has 0 bridgehead atoms. The van der Waals surface area contributed by atoms with Gasteiger partial charge in [0, 0.05) is 11.8 Å². The summed E-state index contributed by atoms with van der Waals surface area (Å²) in [5, 5.41) is 6.00. The van der Waals surface area contributed by atoms with Crippen LogP contribution in [0.2, 0.25) is 5.02 Å². The van der Waals surface area contributed by atoms with E-state index in [2.05, 4.69) is 10.6 Å². The molecule has 0 spiro atoms. The minimum absolute atomic E-state index is 0.335. The SMILES string of the molecule is O=C(Nc1ccc2c(c1)OCCO2)C1(C(=O)Nc2ccccc2Cl)CC1. The molecule has 2 aliphatic rings. The van der Waals surface area contributed by atoms with Crippen molar-refractivity contribution in [3.05, 3.63) is 47.5 Å². The van der Waals surface area contributed by atoms with Crippen molar-refractivity contribution >= 4 is 34.8 Å². The number of fused-ring (bicyclic) bond motifs is 1. The first kappa shape index (κ1) is 16.7. The third-order valence-electron chi connectivity index (χ3n) is 4.54. The molecule has 2 aromatic rings. The Balaban J connectivity index is 1.47. The highest BCUT2D eigenvalue weighted by molar-refractivity contribution is 6.34. The van der Waals surface area contributed by atoms with Gasteiger partial charge in [0.1, 0.15) is 18.6 Å². The summed E-state index contributed by atoms with van der Waals surface area (Å²) >= 11 is 6.07. The maximum Gasteiger partial charge on any atom is 0.240 e. The van der Waals surface area contributed by atoms with Gasteiger partial charge in [0.25, 0.3) is 0 Å². The fourth-order valence-electron chi connectivity index (χ4n) is 2.86. The Hall–Kier alpha value is -2.73. The lowest BCUT2D eigenvalue weighted by Gasteiger charge is -2.20. The highest BCUT2D eigenvalue weighted by Gasteiger charge is 2.56. The molecule has 2 amide bonds. The molecular formula is C19H17ClN2O4. The Labute approximate surface area is 155 Å². The Bertz CT molecular complexity index is 880. The molecule has 0 atom stereocenters. The van der Waals surface area contributed by atoms with Gasteiger partial charge in [-0.05, 0) is 37.1 Å². The molecule has 1 aliphatic heterocycles. The van der Waals surface area contributed by atoms with Gasteiger partial charge in [-0.15, -0.1) is 0 Å². The number of carbonyl (C=O) groups is 2. The molecule has 0 aromatic heterocycles. The number of carbonyl (C=O) groups excluding carboxylic acids is 2. The van der Waals surface area contributed by atoms with E-state index in [9.17, 15) is 9.59 Å². The van der Waals surface area contributed by atoms with Crippen molar-refractivity contribution in [1.82, 2.24) is 0 Å². The largest absolute Gasteiger partial charge is 0.486 e. The molecule has 4 rings (SSSR count). The van der Waals surface area contributed by atoms with Crippen molar-refractivity contribution in [3.8, 4) is 11.5 Å². The number of amides is 2. The number of hydrogen-bond acceptors (Lipinski definition) is 4. The lowest BCUT2D eigenvalue weighted by Crippen LogP contribution is -2.35. The van der Waals surface area contributed by atoms with Gasteiger partial charge in [0.2, 0.25) is 11.8 Å². The molecule has 1 fully saturated rings. The Morgan fingerprint density at radius 1 is 0.923 bits per heavy atom. The highest BCUT2D eigenvalue weighted by Crippen LogP contribution is 2.48. The summed E-state index contributed by atoms with van der Waals surface area (Å²) in [6.07, 6.45) is 0.999. The average Bonchev–Trinajstić information content (AvgIpc) is 3.46. The minimum Gasteiger partial charge on any atom is -0.486 e. The third-order valence-corrected chi connectivity index (χ3v) is 4.87. The van der Waals surface area contributed by atoms with Gasteiger partial charge >= 0.3 is 0 Å². The summed E-state index contributed by atoms with van der Waals surface area (Å²) in [7, 11) is 0. The number of nitrogens with one attached hydrogen (secondary N) is 2. The molecule has 2 N–H and O–H groups in total. The van der Waals surface area contributed by atoms with Crippen LogP contribution in [-0.4, -0.2) is 25.0 Å². The van der Waals surface area contributed by atoms with E-state index < -0.39 is 5.41 Å². The van der Waals surface area contributed by atoms with E-state index >= 15 is 0 Å². The van der Waals surface area contributed by atoms with Crippen molar-refractivity contribution in [3.63, 3.8) is 0 Å². The van der Waals surface area contributed by atoms with Crippen LogP contribution in [0.1, 0.15) is 12.8 Å². The number of hydrogen-bond donors (Lipinski definition) is 2. The summed E-state index contributed by atoms with van der Waals surface area (Å²) in [5.74, 6) is 0.547. The van der Waals surface area contributed by atoms with Gasteiger partial charge < -0.3 is 20.1 Å². The second-order valence-corrected chi connectivity index (χ2v) is 6.74. The first-order chi connectivity index (χ1) is 12.6. The summed E-state index contributed by atoms with van der Waals surface area (Å²) in [6.45, 7) is 0.971. The molecule has 2 aromatic carbocycles.